The summed E-state index contributed by atoms with van der Waals surface area (Å²) in [5.74, 6) is -0.0601. The van der Waals surface area contributed by atoms with Gasteiger partial charge >= 0.3 is 0 Å². The van der Waals surface area contributed by atoms with Crippen LogP contribution in [-0.2, 0) is 15.8 Å². The lowest BCUT2D eigenvalue weighted by atomic mass is 9.98. The van der Waals surface area contributed by atoms with Crippen LogP contribution in [0.3, 0.4) is 0 Å². The summed E-state index contributed by atoms with van der Waals surface area (Å²) in [4.78, 5) is 22.0. The monoisotopic (exact) mass is 304 g/mol. The number of nitro groups is 1. The average molecular weight is 304 g/mol. The van der Waals surface area contributed by atoms with Gasteiger partial charge in [0.15, 0.2) is 16.8 Å². The zero-order valence-electron chi connectivity index (χ0n) is 11.4. The molecule has 1 aromatic carbocycles. The van der Waals surface area contributed by atoms with E-state index in [1.54, 1.807) is 26.0 Å². The molecule has 108 valence electrons. The molecule has 7 heteroatoms. The van der Waals surface area contributed by atoms with Crippen LogP contribution in [0, 0.1) is 10.1 Å². The molecule has 0 fully saturated rings. The Morgan fingerprint density at radius 2 is 1.62 bits per heavy atom. The number of allylic oxidation sites excluding steroid dienone is 4. The number of nitrogens with zero attached hydrogens (tertiary/aromatic N) is 2. The van der Waals surface area contributed by atoms with Crippen molar-refractivity contribution in [1.29, 1.82) is 0 Å². The minimum atomic E-state index is -1.68. The standard InChI is InChI=1S/C14H12N2O4S/c1-9-7-11(8-10(2)14(9)17)15-21(20)13-5-3-12(4-6-13)16(18)19/h3-8H,1-2H3. The molecule has 1 aromatic rings. The second-order valence-corrected chi connectivity index (χ2v) is 5.65. The smallest absolute Gasteiger partial charge is 0.269 e. The number of nitro benzene ring substituents is 1. The van der Waals surface area contributed by atoms with Gasteiger partial charge in [-0.3, -0.25) is 14.9 Å². The Bertz CT molecular complexity index is 706. The lowest BCUT2D eigenvalue weighted by Gasteiger charge is -2.08. The molecular formula is C14H12N2O4S. The van der Waals surface area contributed by atoms with E-state index < -0.39 is 15.9 Å². The van der Waals surface area contributed by atoms with E-state index in [4.69, 9.17) is 0 Å². The highest BCUT2D eigenvalue weighted by Gasteiger charge is 2.15. The topological polar surface area (TPSA) is 89.6 Å². The number of rotatable bonds is 3. The molecule has 0 radical (unpaired) electrons. The molecule has 1 aliphatic rings. The highest BCUT2D eigenvalue weighted by atomic mass is 32.2. The minimum absolute atomic E-state index is 0.0601. The zero-order chi connectivity index (χ0) is 15.6. The van der Waals surface area contributed by atoms with Crippen molar-refractivity contribution >= 4 is 28.2 Å². The fourth-order valence-corrected chi connectivity index (χ4v) is 2.58. The quantitative estimate of drug-likeness (QED) is 0.487. The number of hydrogen-bond donors (Lipinski definition) is 0. The number of ketones is 1. The molecule has 6 nitrogen and oxygen atoms in total. The van der Waals surface area contributed by atoms with Crippen molar-refractivity contribution in [1.82, 2.24) is 0 Å². The molecule has 0 bridgehead atoms. The van der Waals surface area contributed by atoms with Crippen molar-refractivity contribution in [2.45, 2.75) is 18.7 Å². The summed E-state index contributed by atoms with van der Waals surface area (Å²) >= 11 is 0. The van der Waals surface area contributed by atoms with Crippen molar-refractivity contribution in [3.63, 3.8) is 0 Å². The maximum atomic E-state index is 12.1. The van der Waals surface area contributed by atoms with Crippen molar-refractivity contribution in [3.05, 3.63) is 57.7 Å². The highest BCUT2D eigenvalue weighted by molar-refractivity contribution is 7.84. The Morgan fingerprint density at radius 1 is 1.10 bits per heavy atom. The molecule has 0 saturated heterocycles. The van der Waals surface area contributed by atoms with Crippen LogP contribution in [0.4, 0.5) is 5.69 Å². The summed E-state index contributed by atoms with van der Waals surface area (Å²) in [6.07, 6.45) is 3.14. The van der Waals surface area contributed by atoms with Gasteiger partial charge in [-0.15, -0.1) is 0 Å². The summed E-state index contributed by atoms with van der Waals surface area (Å²) in [7, 11) is -1.68. The SMILES string of the molecule is CC1=CC(=NS(=O)c2ccc([N+](=O)[O-])cc2)C=C(C)C1=O. The van der Waals surface area contributed by atoms with Gasteiger partial charge in [0.25, 0.3) is 5.69 Å². The lowest BCUT2D eigenvalue weighted by molar-refractivity contribution is -0.384. The van der Waals surface area contributed by atoms with Crippen molar-refractivity contribution in [2.75, 3.05) is 0 Å². The van der Waals surface area contributed by atoms with Crippen molar-refractivity contribution < 1.29 is 13.9 Å². The second kappa shape index (κ2) is 5.92. The zero-order valence-corrected chi connectivity index (χ0v) is 12.2. The van der Waals surface area contributed by atoms with Gasteiger partial charge in [0.05, 0.1) is 15.5 Å². The number of non-ortho nitro benzene ring substituents is 1. The third-order valence-electron chi connectivity index (χ3n) is 2.88. The van der Waals surface area contributed by atoms with Gasteiger partial charge in [-0.2, -0.15) is 4.40 Å². The summed E-state index contributed by atoms with van der Waals surface area (Å²) in [5.41, 5.74) is 1.45. The van der Waals surface area contributed by atoms with Crippen molar-refractivity contribution in [2.24, 2.45) is 4.40 Å². The van der Waals surface area contributed by atoms with Crippen LogP contribution >= 0.6 is 0 Å². The maximum Gasteiger partial charge on any atom is 0.269 e. The number of hydrogen-bond acceptors (Lipinski definition) is 4. The molecule has 1 aliphatic carbocycles. The summed E-state index contributed by atoms with van der Waals surface area (Å²) in [6.45, 7) is 3.34. The molecule has 0 aliphatic heterocycles. The van der Waals surface area contributed by atoms with Crippen LogP contribution in [0.5, 0.6) is 0 Å². The van der Waals surface area contributed by atoms with E-state index in [0.717, 1.165) is 0 Å². The summed E-state index contributed by atoms with van der Waals surface area (Å²) < 4.78 is 16.1. The Kier molecular flexibility index (Phi) is 4.23. The van der Waals surface area contributed by atoms with E-state index >= 15 is 0 Å². The van der Waals surface area contributed by atoms with Gasteiger partial charge in [0.2, 0.25) is 0 Å². The summed E-state index contributed by atoms with van der Waals surface area (Å²) in [6, 6.07) is 5.36. The fraction of sp³-hybridized carbons (Fsp3) is 0.143. The largest absolute Gasteiger partial charge is 0.289 e. The molecule has 0 aromatic heterocycles. The number of carbonyl (C=O) groups is 1. The van der Waals surface area contributed by atoms with Crippen molar-refractivity contribution in [3.8, 4) is 0 Å². The van der Waals surface area contributed by atoms with E-state index in [1.165, 1.54) is 24.3 Å². The molecule has 1 unspecified atom stereocenters. The van der Waals surface area contributed by atoms with E-state index in [1.807, 2.05) is 0 Å². The van der Waals surface area contributed by atoms with Gasteiger partial charge < -0.3 is 0 Å². The molecule has 1 atom stereocenters. The minimum Gasteiger partial charge on any atom is -0.289 e. The third kappa shape index (κ3) is 3.38. The van der Waals surface area contributed by atoms with Crippen LogP contribution in [0.25, 0.3) is 0 Å². The highest BCUT2D eigenvalue weighted by Crippen LogP contribution is 2.17. The number of benzene rings is 1. The molecule has 2 rings (SSSR count). The average Bonchev–Trinajstić information content (AvgIpc) is 2.44. The lowest BCUT2D eigenvalue weighted by Crippen LogP contribution is -2.11. The Morgan fingerprint density at radius 3 is 2.10 bits per heavy atom. The van der Waals surface area contributed by atoms with Crippen LogP contribution in [-0.4, -0.2) is 20.6 Å². The molecule has 0 N–H and O–H groups in total. The van der Waals surface area contributed by atoms with Crippen LogP contribution in [0.1, 0.15) is 13.8 Å². The normalized spacial score (nSPS) is 16.1. The van der Waals surface area contributed by atoms with E-state index in [2.05, 4.69) is 4.40 Å². The summed E-state index contributed by atoms with van der Waals surface area (Å²) in [5, 5.41) is 10.6. The van der Waals surface area contributed by atoms with Crippen LogP contribution in [0.15, 0.2) is 56.9 Å². The maximum absolute atomic E-state index is 12.1. The first-order valence-corrected chi connectivity index (χ1v) is 7.15. The predicted octanol–water partition coefficient (Wildman–Crippen LogP) is 2.53. The molecular weight excluding hydrogens is 292 g/mol. The molecule has 0 spiro atoms. The van der Waals surface area contributed by atoms with Gasteiger partial charge in [0, 0.05) is 12.1 Å². The van der Waals surface area contributed by atoms with E-state index in [0.29, 0.717) is 21.8 Å². The number of Topliss-reactive ketones (excluding diaryl/α,β-unsaturated/α-hetero) is 1. The third-order valence-corrected chi connectivity index (χ3v) is 3.93. The first-order chi connectivity index (χ1) is 9.88. The fourth-order valence-electron chi connectivity index (χ4n) is 1.81. The van der Waals surface area contributed by atoms with E-state index in [9.17, 15) is 19.1 Å². The van der Waals surface area contributed by atoms with Crippen LogP contribution in [0.2, 0.25) is 0 Å². The molecule has 0 heterocycles. The van der Waals surface area contributed by atoms with Gasteiger partial charge in [0.1, 0.15) is 0 Å². The Labute approximate surface area is 123 Å². The number of carbonyl (C=O) groups excluding carboxylic acids is 1. The first kappa shape index (κ1) is 15.0. The molecule has 0 amide bonds. The predicted molar refractivity (Wildman–Crippen MR) is 79.5 cm³/mol. The Hall–Kier alpha value is -2.41. The van der Waals surface area contributed by atoms with E-state index in [-0.39, 0.29) is 11.5 Å². The second-order valence-electron chi connectivity index (χ2n) is 4.50. The molecule has 21 heavy (non-hydrogen) atoms. The Balaban J connectivity index is 2.27. The van der Waals surface area contributed by atoms with Crippen LogP contribution < -0.4 is 0 Å². The first-order valence-electron chi connectivity index (χ1n) is 6.05. The van der Waals surface area contributed by atoms with Gasteiger partial charge in [-0.1, -0.05) is 0 Å². The van der Waals surface area contributed by atoms with Gasteiger partial charge in [-0.25, -0.2) is 4.21 Å². The molecule has 0 saturated carbocycles. The van der Waals surface area contributed by atoms with Gasteiger partial charge in [-0.05, 0) is 49.3 Å².